The lowest BCUT2D eigenvalue weighted by atomic mass is 10.1. The van der Waals surface area contributed by atoms with Gasteiger partial charge in [0.05, 0.1) is 0 Å². The van der Waals surface area contributed by atoms with Crippen molar-refractivity contribution in [3.8, 4) is 0 Å². The fourth-order valence-electron chi connectivity index (χ4n) is 3.23. The van der Waals surface area contributed by atoms with Crippen LogP contribution in [0.25, 0.3) is 0 Å². The van der Waals surface area contributed by atoms with Crippen LogP contribution < -0.4 is 0 Å². The fourth-order valence-corrected chi connectivity index (χ4v) is 15.7. The minimum Gasteiger partial charge on any atom is -0.224 e. The number of halogens is 4. The van der Waals surface area contributed by atoms with Gasteiger partial charge in [-0.25, -0.2) is 8.42 Å². The second-order valence-corrected chi connectivity index (χ2v) is 23.9. The molecule has 2 aromatic rings. The van der Waals surface area contributed by atoms with Crippen molar-refractivity contribution < 1.29 is 8.42 Å². The zero-order valence-electron chi connectivity index (χ0n) is 15.6. The van der Waals surface area contributed by atoms with Gasteiger partial charge >= 0.3 is 0 Å². The van der Waals surface area contributed by atoms with E-state index in [0.29, 0.717) is 12.8 Å². The molecule has 0 radical (unpaired) electrons. The Labute approximate surface area is 217 Å². The minimum absolute atomic E-state index is 0.486. The van der Waals surface area contributed by atoms with Crippen LogP contribution in [0.15, 0.2) is 36.4 Å². The molecule has 0 aliphatic heterocycles. The Morgan fingerprint density at radius 1 is 0.630 bits per heavy atom. The summed E-state index contributed by atoms with van der Waals surface area (Å²) in [6, 6.07) is 12.6. The summed E-state index contributed by atoms with van der Waals surface area (Å²) in [5, 5.41) is 0. The summed E-state index contributed by atoms with van der Waals surface area (Å²) in [7, 11) is -3.44. The topological polar surface area (TPSA) is 34.1 Å². The smallest absolute Gasteiger partial charge is 0.199 e. The molecule has 0 N–H and O–H groups in total. The van der Waals surface area contributed by atoms with Crippen LogP contribution in [0.1, 0.15) is 33.4 Å². The SMILES string of the molecule is Cc1cc(C)cc(CC(I)(I)S(=O)(=O)C(I)(I)Cc2cc(C)cc(C)c2)c1. The predicted molar refractivity (Wildman–Crippen MR) is 150 cm³/mol. The van der Waals surface area contributed by atoms with Crippen molar-refractivity contribution in [2.75, 3.05) is 0 Å². The molecule has 7 heteroatoms. The Hall–Kier alpha value is 1.31. The van der Waals surface area contributed by atoms with Crippen molar-refractivity contribution >= 4 is 100 Å². The number of hydrogen-bond donors (Lipinski definition) is 0. The lowest BCUT2D eigenvalue weighted by molar-refractivity contribution is 0.589. The van der Waals surface area contributed by atoms with Gasteiger partial charge in [-0.15, -0.1) is 0 Å². The quantitative estimate of drug-likeness (QED) is 0.229. The van der Waals surface area contributed by atoms with Gasteiger partial charge in [-0.2, -0.15) is 0 Å². The lowest BCUT2D eigenvalue weighted by Gasteiger charge is -2.30. The maximum Gasteiger partial charge on any atom is 0.199 e. The van der Waals surface area contributed by atoms with Gasteiger partial charge in [0.1, 0.15) is 0 Å². The highest BCUT2D eigenvalue weighted by atomic mass is 127. The van der Waals surface area contributed by atoms with Gasteiger partial charge in [-0.3, -0.25) is 0 Å². The summed E-state index contributed by atoms with van der Waals surface area (Å²) in [4.78, 5) is 0. The van der Waals surface area contributed by atoms with Crippen LogP contribution in [0.4, 0.5) is 0 Å². The molecule has 0 unspecified atom stereocenters. The van der Waals surface area contributed by atoms with E-state index in [9.17, 15) is 8.42 Å². The molecule has 0 aliphatic rings. The first-order valence-corrected chi connectivity index (χ1v) is 14.2. The van der Waals surface area contributed by atoms with E-state index in [4.69, 9.17) is 0 Å². The molecule has 0 saturated heterocycles. The van der Waals surface area contributed by atoms with E-state index in [1.54, 1.807) is 0 Å². The van der Waals surface area contributed by atoms with Crippen LogP contribution >= 0.6 is 90.4 Å². The normalized spacial score (nSPS) is 13.0. The number of alkyl halides is 4. The van der Waals surface area contributed by atoms with E-state index in [1.807, 2.05) is 27.7 Å². The average molecular weight is 834 g/mol. The Balaban J connectivity index is 2.35. The van der Waals surface area contributed by atoms with Crippen molar-refractivity contribution in [3.05, 3.63) is 69.8 Å². The largest absolute Gasteiger partial charge is 0.224 e. The molecule has 0 saturated carbocycles. The Morgan fingerprint density at radius 3 is 1.15 bits per heavy atom. The number of hydrogen-bond acceptors (Lipinski definition) is 2. The molecule has 2 nitrogen and oxygen atoms in total. The van der Waals surface area contributed by atoms with Crippen LogP contribution in [-0.2, 0) is 22.7 Å². The van der Waals surface area contributed by atoms with Crippen LogP contribution in [0.2, 0.25) is 0 Å². The summed E-state index contributed by atoms with van der Waals surface area (Å²) < 4.78 is 25.4. The molecule has 0 bridgehead atoms. The number of benzene rings is 2. The molecule has 148 valence electrons. The van der Waals surface area contributed by atoms with E-state index in [0.717, 1.165) is 33.4 Å². The molecular weight excluding hydrogens is 812 g/mol. The van der Waals surface area contributed by atoms with E-state index in [2.05, 4.69) is 127 Å². The van der Waals surface area contributed by atoms with Crippen LogP contribution in [-0.4, -0.2) is 9.94 Å². The minimum atomic E-state index is -3.44. The Kier molecular flexibility index (Phi) is 8.38. The summed E-state index contributed by atoms with van der Waals surface area (Å²) in [5.41, 5.74) is 6.78. The highest BCUT2D eigenvalue weighted by molar-refractivity contribution is 14.2. The molecule has 0 aliphatic carbocycles. The van der Waals surface area contributed by atoms with Gasteiger partial charge < -0.3 is 0 Å². The standard InChI is InChI=1S/C20H22I4O2S/c1-13-5-14(2)8-17(7-13)11-19(21,22)27(25,26)20(23,24)12-18-9-15(3)6-16(4)10-18/h5-10H,11-12H2,1-4H3. The van der Waals surface area contributed by atoms with Crippen LogP contribution in [0.3, 0.4) is 0 Å². The summed E-state index contributed by atoms with van der Waals surface area (Å²) in [5.74, 6) is 0. The number of sulfone groups is 1. The molecule has 0 atom stereocenters. The fraction of sp³-hybridized carbons (Fsp3) is 0.400. The molecule has 0 amide bonds. The zero-order valence-corrected chi connectivity index (χ0v) is 25.1. The van der Waals surface area contributed by atoms with E-state index in [1.165, 1.54) is 0 Å². The van der Waals surface area contributed by atoms with Gasteiger partial charge in [-0.05, 0) is 129 Å². The first-order chi connectivity index (χ1) is 12.2. The first-order valence-electron chi connectivity index (χ1n) is 8.38. The van der Waals surface area contributed by atoms with Crippen molar-refractivity contribution in [3.63, 3.8) is 0 Å². The first kappa shape index (κ1) is 24.6. The van der Waals surface area contributed by atoms with Crippen LogP contribution in [0, 0.1) is 27.7 Å². The van der Waals surface area contributed by atoms with Gasteiger partial charge in [0, 0.05) is 12.8 Å². The van der Waals surface area contributed by atoms with E-state index >= 15 is 0 Å². The van der Waals surface area contributed by atoms with E-state index in [-0.39, 0.29) is 0 Å². The predicted octanol–water partition coefficient (Wildman–Crippen LogP) is 7.17. The molecule has 0 spiro atoms. The summed E-state index contributed by atoms with van der Waals surface area (Å²) >= 11 is 8.46. The monoisotopic (exact) mass is 834 g/mol. The highest BCUT2D eigenvalue weighted by Gasteiger charge is 2.51. The van der Waals surface area contributed by atoms with Gasteiger partial charge in [0.15, 0.2) is 11.4 Å². The zero-order chi connectivity index (χ0) is 20.6. The number of rotatable bonds is 6. The second-order valence-electron chi connectivity index (χ2n) is 7.12. The lowest BCUT2D eigenvalue weighted by Crippen LogP contribution is -2.40. The van der Waals surface area contributed by atoms with Crippen LogP contribution in [0.5, 0.6) is 0 Å². The Bertz CT molecular complexity index is 838. The molecule has 0 heterocycles. The summed E-state index contributed by atoms with van der Waals surface area (Å²) in [6.07, 6.45) is 0.971. The molecular formula is C20H22I4O2S. The van der Waals surface area contributed by atoms with Crippen molar-refractivity contribution in [1.82, 2.24) is 0 Å². The van der Waals surface area contributed by atoms with Crippen molar-refractivity contribution in [1.29, 1.82) is 0 Å². The highest BCUT2D eigenvalue weighted by Crippen LogP contribution is 2.50. The van der Waals surface area contributed by atoms with Crippen molar-refractivity contribution in [2.45, 2.75) is 42.1 Å². The third kappa shape index (κ3) is 6.16. The third-order valence-corrected chi connectivity index (χ3v) is 14.5. The summed E-state index contributed by atoms with van der Waals surface area (Å²) in [6.45, 7) is 8.20. The van der Waals surface area contributed by atoms with Gasteiger partial charge in [0.25, 0.3) is 0 Å². The molecule has 2 aromatic carbocycles. The molecule has 2 rings (SSSR count). The molecule has 27 heavy (non-hydrogen) atoms. The maximum absolute atomic E-state index is 13.6. The number of aryl methyl sites for hydroxylation is 4. The van der Waals surface area contributed by atoms with E-state index < -0.39 is 11.4 Å². The van der Waals surface area contributed by atoms with Crippen molar-refractivity contribution in [2.24, 2.45) is 0 Å². The molecule has 0 aromatic heterocycles. The second kappa shape index (κ2) is 9.21. The van der Waals surface area contributed by atoms with Gasteiger partial charge in [-0.1, -0.05) is 58.7 Å². The Morgan fingerprint density at radius 2 is 0.889 bits per heavy atom. The molecule has 0 fully saturated rings. The average Bonchev–Trinajstić information content (AvgIpc) is 2.43. The maximum atomic E-state index is 13.6. The third-order valence-electron chi connectivity index (χ3n) is 4.17. The van der Waals surface area contributed by atoms with Gasteiger partial charge in [0.2, 0.25) is 0 Å².